The molecule has 0 aliphatic rings. The van der Waals surface area contributed by atoms with Gasteiger partial charge in [0.1, 0.15) is 11.5 Å². The van der Waals surface area contributed by atoms with Crippen LogP contribution in [-0.4, -0.2) is 52.2 Å². The first-order chi connectivity index (χ1) is 8.58. The molecule has 0 aliphatic heterocycles. The molecule has 1 aromatic rings. The van der Waals surface area contributed by atoms with Crippen LogP contribution in [0.15, 0.2) is 18.2 Å². The van der Waals surface area contributed by atoms with Crippen molar-refractivity contribution in [2.24, 2.45) is 0 Å². The number of benzene rings is 1. The van der Waals surface area contributed by atoms with Crippen LogP contribution in [0, 0.1) is 0 Å². The maximum Gasteiger partial charge on any atom is 0.255 e. The van der Waals surface area contributed by atoms with Gasteiger partial charge in [0.25, 0.3) is 5.91 Å². The fourth-order valence-corrected chi connectivity index (χ4v) is 1.48. The number of amides is 1. The molecule has 5 nitrogen and oxygen atoms in total. The number of hydrogen-bond donors (Lipinski definition) is 1. The second kappa shape index (κ2) is 6.86. The van der Waals surface area contributed by atoms with Gasteiger partial charge in [-0.3, -0.25) is 4.79 Å². The molecule has 0 aromatic heterocycles. The van der Waals surface area contributed by atoms with Gasteiger partial charge in [-0.15, -0.1) is 0 Å². The monoisotopic (exact) mass is 252 g/mol. The van der Waals surface area contributed by atoms with E-state index in [9.17, 15) is 4.79 Å². The summed E-state index contributed by atoms with van der Waals surface area (Å²) >= 11 is 0. The van der Waals surface area contributed by atoms with Crippen LogP contribution >= 0.6 is 0 Å². The van der Waals surface area contributed by atoms with E-state index in [0.717, 1.165) is 6.54 Å². The minimum Gasteiger partial charge on any atom is -0.497 e. The van der Waals surface area contributed by atoms with Crippen molar-refractivity contribution < 1.29 is 14.3 Å². The fourth-order valence-electron chi connectivity index (χ4n) is 1.48. The second-order valence-corrected chi connectivity index (χ2v) is 4.13. The molecule has 1 rings (SSSR count). The summed E-state index contributed by atoms with van der Waals surface area (Å²) in [6.07, 6.45) is 0. The zero-order valence-electron chi connectivity index (χ0n) is 11.3. The topological polar surface area (TPSA) is 50.8 Å². The van der Waals surface area contributed by atoms with Crippen molar-refractivity contribution in [2.45, 2.75) is 0 Å². The minimum absolute atomic E-state index is 0.160. The molecular formula is C13H20N2O3. The summed E-state index contributed by atoms with van der Waals surface area (Å²) in [5, 5.41) is 2.84. The van der Waals surface area contributed by atoms with Gasteiger partial charge < -0.3 is 19.7 Å². The van der Waals surface area contributed by atoms with E-state index in [1.165, 1.54) is 0 Å². The van der Waals surface area contributed by atoms with Crippen LogP contribution in [0.4, 0.5) is 0 Å². The number of carbonyl (C=O) groups excluding carboxylic acids is 1. The molecule has 0 spiro atoms. The van der Waals surface area contributed by atoms with E-state index in [4.69, 9.17) is 9.47 Å². The average molecular weight is 252 g/mol. The van der Waals surface area contributed by atoms with Crippen LogP contribution in [0.25, 0.3) is 0 Å². The van der Waals surface area contributed by atoms with Crippen molar-refractivity contribution in [3.63, 3.8) is 0 Å². The number of methoxy groups -OCH3 is 2. The third-order valence-corrected chi connectivity index (χ3v) is 2.50. The Bertz CT molecular complexity index is 405. The summed E-state index contributed by atoms with van der Waals surface area (Å²) < 4.78 is 10.3. The molecule has 18 heavy (non-hydrogen) atoms. The third kappa shape index (κ3) is 3.92. The first kappa shape index (κ1) is 14.3. The van der Waals surface area contributed by atoms with Gasteiger partial charge in [-0.1, -0.05) is 0 Å². The van der Waals surface area contributed by atoms with Gasteiger partial charge in [-0.05, 0) is 32.3 Å². The van der Waals surface area contributed by atoms with Crippen LogP contribution < -0.4 is 14.8 Å². The number of carbonyl (C=O) groups is 1. The smallest absolute Gasteiger partial charge is 0.255 e. The molecule has 0 bridgehead atoms. The maximum absolute atomic E-state index is 12.0. The van der Waals surface area contributed by atoms with Crippen molar-refractivity contribution in [3.05, 3.63) is 23.8 Å². The largest absolute Gasteiger partial charge is 0.497 e. The van der Waals surface area contributed by atoms with Gasteiger partial charge in [0.15, 0.2) is 0 Å². The zero-order chi connectivity index (χ0) is 13.5. The summed E-state index contributed by atoms with van der Waals surface area (Å²) in [5.41, 5.74) is 0.482. The normalized spacial score (nSPS) is 10.3. The molecule has 0 saturated carbocycles. The standard InChI is InChI=1S/C13H20N2O3/c1-15(2)8-7-14-13(16)11-9-10(17-3)5-6-12(11)18-4/h5-6,9H,7-8H2,1-4H3,(H,14,16). The van der Waals surface area contributed by atoms with Crippen LogP contribution in [0.5, 0.6) is 11.5 Å². The highest BCUT2D eigenvalue weighted by molar-refractivity contribution is 5.97. The first-order valence-electron chi connectivity index (χ1n) is 5.73. The summed E-state index contributed by atoms with van der Waals surface area (Å²) in [5.74, 6) is 1.01. The maximum atomic E-state index is 12.0. The van der Waals surface area contributed by atoms with Crippen LogP contribution in [0.1, 0.15) is 10.4 Å². The predicted octanol–water partition coefficient (Wildman–Crippen LogP) is 0.995. The number of nitrogens with zero attached hydrogens (tertiary/aromatic N) is 1. The van der Waals surface area contributed by atoms with E-state index in [1.807, 2.05) is 19.0 Å². The SMILES string of the molecule is COc1ccc(OC)c(C(=O)NCCN(C)C)c1. The van der Waals surface area contributed by atoms with Gasteiger partial charge >= 0.3 is 0 Å². The van der Waals surface area contributed by atoms with Crippen LogP contribution in [-0.2, 0) is 0 Å². The molecule has 1 amide bonds. The van der Waals surface area contributed by atoms with E-state index < -0.39 is 0 Å². The molecule has 1 aromatic carbocycles. The van der Waals surface area contributed by atoms with Gasteiger partial charge in [0.2, 0.25) is 0 Å². The lowest BCUT2D eigenvalue weighted by Gasteiger charge is -2.13. The van der Waals surface area contributed by atoms with Crippen molar-refractivity contribution in [2.75, 3.05) is 41.4 Å². The number of likely N-dealkylation sites (N-methyl/N-ethyl adjacent to an activating group) is 1. The van der Waals surface area contributed by atoms with E-state index in [1.54, 1.807) is 32.4 Å². The Morgan fingerprint density at radius 3 is 2.56 bits per heavy atom. The van der Waals surface area contributed by atoms with E-state index in [-0.39, 0.29) is 5.91 Å². The molecule has 0 fully saturated rings. The molecular weight excluding hydrogens is 232 g/mol. The summed E-state index contributed by atoms with van der Waals surface area (Å²) in [7, 11) is 7.02. The van der Waals surface area contributed by atoms with E-state index in [0.29, 0.717) is 23.6 Å². The molecule has 0 saturated heterocycles. The van der Waals surface area contributed by atoms with Crippen molar-refractivity contribution in [1.29, 1.82) is 0 Å². The van der Waals surface area contributed by atoms with Crippen molar-refractivity contribution in [3.8, 4) is 11.5 Å². The Hall–Kier alpha value is -1.75. The molecule has 0 unspecified atom stereocenters. The Balaban J connectivity index is 2.76. The molecule has 0 atom stereocenters. The fraction of sp³-hybridized carbons (Fsp3) is 0.462. The summed E-state index contributed by atoms with van der Waals surface area (Å²) in [6.45, 7) is 1.38. The highest BCUT2D eigenvalue weighted by Crippen LogP contribution is 2.23. The predicted molar refractivity (Wildman–Crippen MR) is 70.4 cm³/mol. The molecule has 0 aliphatic carbocycles. The lowest BCUT2D eigenvalue weighted by Crippen LogP contribution is -2.31. The van der Waals surface area contributed by atoms with Crippen LogP contribution in [0.2, 0.25) is 0 Å². The number of ether oxygens (including phenoxy) is 2. The van der Waals surface area contributed by atoms with Crippen LogP contribution in [0.3, 0.4) is 0 Å². The second-order valence-electron chi connectivity index (χ2n) is 4.13. The highest BCUT2D eigenvalue weighted by atomic mass is 16.5. The summed E-state index contributed by atoms with van der Waals surface area (Å²) in [6, 6.07) is 5.15. The zero-order valence-corrected chi connectivity index (χ0v) is 11.3. The Morgan fingerprint density at radius 2 is 2.00 bits per heavy atom. The highest BCUT2D eigenvalue weighted by Gasteiger charge is 2.13. The molecule has 5 heteroatoms. The van der Waals surface area contributed by atoms with Gasteiger partial charge in [-0.25, -0.2) is 0 Å². The molecule has 0 heterocycles. The number of rotatable bonds is 6. The van der Waals surface area contributed by atoms with E-state index in [2.05, 4.69) is 5.32 Å². The lowest BCUT2D eigenvalue weighted by atomic mass is 10.1. The Kier molecular flexibility index (Phi) is 5.45. The Labute approximate surface area is 108 Å². The number of hydrogen-bond acceptors (Lipinski definition) is 4. The Morgan fingerprint density at radius 1 is 1.28 bits per heavy atom. The summed E-state index contributed by atoms with van der Waals surface area (Å²) in [4.78, 5) is 14.0. The average Bonchev–Trinajstić information content (AvgIpc) is 2.37. The molecule has 1 N–H and O–H groups in total. The van der Waals surface area contributed by atoms with Crippen molar-refractivity contribution in [1.82, 2.24) is 10.2 Å². The van der Waals surface area contributed by atoms with E-state index >= 15 is 0 Å². The van der Waals surface area contributed by atoms with Gasteiger partial charge in [0, 0.05) is 13.1 Å². The van der Waals surface area contributed by atoms with Gasteiger partial charge in [-0.2, -0.15) is 0 Å². The molecule has 0 radical (unpaired) electrons. The minimum atomic E-state index is -0.160. The quantitative estimate of drug-likeness (QED) is 0.820. The molecule has 100 valence electrons. The third-order valence-electron chi connectivity index (χ3n) is 2.50. The van der Waals surface area contributed by atoms with Crippen molar-refractivity contribution >= 4 is 5.91 Å². The number of nitrogens with one attached hydrogen (secondary N) is 1. The van der Waals surface area contributed by atoms with Gasteiger partial charge in [0.05, 0.1) is 19.8 Å². The lowest BCUT2D eigenvalue weighted by molar-refractivity contribution is 0.0947. The first-order valence-corrected chi connectivity index (χ1v) is 5.73.